The molecule has 1 aliphatic heterocycles. The summed E-state index contributed by atoms with van der Waals surface area (Å²) in [6.45, 7) is 16.0. The Morgan fingerprint density at radius 2 is 1.81 bits per heavy atom. The first-order chi connectivity index (χ1) is 22.5. The van der Waals surface area contributed by atoms with Crippen LogP contribution in [0.5, 0.6) is 5.88 Å². The molecule has 2 atom stereocenters. The van der Waals surface area contributed by atoms with E-state index in [4.69, 9.17) is 14.5 Å². The lowest BCUT2D eigenvalue weighted by Crippen LogP contribution is -2.48. The summed E-state index contributed by atoms with van der Waals surface area (Å²) in [5.74, 6) is -0.123. The van der Waals surface area contributed by atoms with Crippen LogP contribution in [-0.2, 0) is 26.1 Å². The van der Waals surface area contributed by atoms with Crippen molar-refractivity contribution in [2.75, 3.05) is 60.1 Å². The fourth-order valence-electron chi connectivity index (χ4n) is 6.12. The van der Waals surface area contributed by atoms with E-state index in [1.807, 2.05) is 32.2 Å². The van der Waals surface area contributed by atoms with Gasteiger partial charge in [0.05, 0.1) is 47.9 Å². The molecule has 47 heavy (non-hydrogen) atoms. The highest BCUT2D eigenvalue weighted by atomic mass is 32.2. The standard InChI is InChI=1S/C35H54N6O5S/c1-9-14-26(4)33(28(6)42)34(32(10-2)39(7)25-29-15-12-13-16-36-29)38-27(5)31-23-30(24-37-35(31)46-22-21-45-8)47(43,44)41-19-17-40(11-3)18-20-41/h12-13,15-16,23-24,26,33H,9-11,14,17-22,25H2,1-8H3/b34-32+,38-27?. The van der Waals surface area contributed by atoms with Gasteiger partial charge in [-0.05, 0) is 57.4 Å². The number of pyridine rings is 2. The first-order valence-electron chi connectivity index (χ1n) is 16.7. The summed E-state index contributed by atoms with van der Waals surface area (Å²) in [5, 5.41) is 0. The minimum atomic E-state index is -3.81. The average Bonchev–Trinajstić information content (AvgIpc) is 3.05. The summed E-state index contributed by atoms with van der Waals surface area (Å²) < 4.78 is 40.4. The van der Waals surface area contributed by atoms with Gasteiger partial charge in [-0.2, -0.15) is 4.31 Å². The molecule has 0 saturated carbocycles. The molecule has 0 aliphatic carbocycles. The van der Waals surface area contributed by atoms with E-state index >= 15 is 0 Å². The summed E-state index contributed by atoms with van der Waals surface area (Å²) in [6.07, 6.45) is 5.55. The third-order valence-electron chi connectivity index (χ3n) is 8.71. The maximum Gasteiger partial charge on any atom is 0.244 e. The van der Waals surface area contributed by atoms with E-state index in [2.05, 4.69) is 47.5 Å². The van der Waals surface area contributed by atoms with Gasteiger partial charge in [0.2, 0.25) is 15.9 Å². The van der Waals surface area contributed by atoms with Crippen molar-refractivity contribution in [1.82, 2.24) is 24.1 Å². The smallest absolute Gasteiger partial charge is 0.244 e. The van der Waals surface area contributed by atoms with Crippen molar-refractivity contribution in [3.8, 4) is 5.88 Å². The Hall–Kier alpha value is -3.19. The van der Waals surface area contributed by atoms with E-state index in [0.29, 0.717) is 62.7 Å². The second-order valence-electron chi connectivity index (χ2n) is 12.1. The molecule has 3 rings (SSSR count). The van der Waals surface area contributed by atoms with Crippen molar-refractivity contribution in [1.29, 1.82) is 0 Å². The van der Waals surface area contributed by atoms with Gasteiger partial charge < -0.3 is 19.3 Å². The number of aromatic nitrogens is 2. The van der Waals surface area contributed by atoms with E-state index in [0.717, 1.165) is 30.8 Å². The summed E-state index contributed by atoms with van der Waals surface area (Å²) >= 11 is 0. The molecule has 12 heteroatoms. The average molecular weight is 671 g/mol. The van der Waals surface area contributed by atoms with Gasteiger partial charge >= 0.3 is 0 Å². The number of ether oxygens (including phenoxy) is 2. The van der Waals surface area contributed by atoms with Gasteiger partial charge in [0, 0.05) is 52.2 Å². The van der Waals surface area contributed by atoms with Gasteiger partial charge in [0.15, 0.2) is 0 Å². The molecule has 0 spiro atoms. The zero-order valence-corrected chi connectivity index (χ0v) is 30.3. The molecular weight excluding hydrogens is 616 g/mol. The number of nitrogens with zero attached hydrogens (tertiary/aromatic N) is 6. The number of Topliss-reactive ketones (excluding diaryl/α,β-unsaturated/α-hetero) is 1. The largest absolute Gasteiger partial charge is 0.475 e. The predicted molar refractivity (Wildman–Crippen MR) is 186 cm³/mol. The zero-order valence-electron chi connectivity index (χ0n) is 29.5. The number of ketones is 1. The fourth-order valence-corrected chi connectivity index (χ4v) is 7.52. The minimum Gasteiger partial charge on any atom is -0.475 e. The van der Waals surface area contributed by atoms with Crippen LogP contribution in [0.2, 0.25) is 0 Å². The normalized spacial score (nSPS) is 16.8. The molecule has 1 aliphatic rings. The number of rotatable bonds is 18. The molecule has 2 unspecified atom stereocenters. The first-order valence-corrected chi connectivity index (χ1v) is 18.2. The number of hydrogen-bond acceptors (Lipinski definition) is 10. The molecule has 2 aromatic rings. The Kier molecular flexibility index (Phi) is 15.0. The number of sulfonamides is 1. The number of piperazine rings is 1. The van der Waals surface area contributed by atoms with Crippen LogP contribution in [0.25, 0.3) is 0 Å². The second-order valence-corrected chi connectivity index (χ2v) is 14.1. The molecule has 3 heterocycles. The van der Waals surface area contributed by atoms with Gasteiger partial charge in [-0.25, -0.2) is 13.4 Å². The Morgan fingerprint density at radius 3 is 2.38 bits per heavy atom. The lowest BCUT2D eigenvalue weighted by atomic mass is 9.83. The molecule has 2 aromatic heterocycles. The Morgan fingerprint density at radius 1 is 1.09 bits per heavy atom. The number of methoxy groups -OCH3 is 1. The molecular formula is C35H54N6O5S. The van der Waals surface area contributed by atoms with Gasteiger partial charge in [-0.1, -0.05) is 40.2 Å². The second kappa shape index (κ2) is 18.4. The lowest BCUT2D eigenvalue weighted by molar-refractivity contribution is -0.121. The van der Waals surface area contributed by atoms with Crippen LogP contribution in [0.15, 0.2) is 57.9 Å². The molecule has 0 N–H and O–H groups in total. The Labute approximate surface area is 282 Å². The molecule has 0 bridgehead atoms. The van der Waals surface area contributed by atoms with E-state index in [-0.39, 0.29) is 29.1 Å². The molecule has 0 aromatic carbocycles. The highest BCUT2D eigenvalue weighted by Gasteiger charge is 2.32. The van der Waals surface area contributed by atoms with Crippen LogP contribution in [-0.4, -0.2) is 104 Å². The highest BCUT2D eigenvalue weighted by molar-refractivity contribution is 7.89. The van der Waals surface area contributed by atoms with E-state index in [1.165, 1.54) is 10.5 Å². The SMILES string of the molecule is CCCC(C)C(C(C)=O)/C(N=C(C)c1cc(S(=O)(=O)N2CCN(CC)CC2)cnc1OCCOC)=C(/CC)N(C)Cc1ccccn1. The van der Waals surface area contributed by atoms with Gasteiger partial charge in [0.1, 0.15) is 17.3 Å². The van der Waals surface area contributed by atoms with E-state index in [1.54, 1.807) is 26.3 Å². The van der Waals surface area contributed by atoms with Crippen molar-refractivity contribution in [3.63, 3.8) is 0 Å². The minimum absolute atomic E-state index is 0.0342. The molecule has 0 radical (unpaired) electrons. The quantitative estimate of drug-likeness (QED) is 0.159. The maximum absolute atomic E-state index is 13.8. The van der Waals surface area contributed by atoms with Crippen LogP contribution >= 0.6 is 0 Å². The number of carbonyl (C=O) groups is 1. The van der Waals surface area contributed by atoms with Crippen LogP contribution in [0.1, 0.15) is 72.1 Å². The van der Waals surface area contributed by atoms with Gasteiger partial charge in [-0.15, -0.1) is 0 Å². The van der Waals surface area contributed by atoms with Crippen LogP contribution in [0.3, 0.4) is 0 Å². The Bertz CT molecular complexity index is 1470. The van der Waals surface area contributed by atoms with E-state index < -0.39 is 15.9 Å². The number of likely N-dealkylation sites (N-methyl/N-ethyl adjacent to an activating group) is 1. The van der Waals surface area contributed by atoms with Gasteiger partial charge in [-0.3, -0.25) is 14.8 Å². The van der Waals surface area contributed by atoms with Crippen LogP contribution in [0.4, 0.5) is 0 Å². The monoisotopic (exact) mass is 670 g/mol. The number of allylic oxidation sites excluding steroid dienone is 2. The third-order valence-corrected chi connectivity index (χ3v) is 10.6. The topological polar surface area (TPSA) is 118 Å². The number of hydrogen-bond donors (Lipinski definition) is 0. The summed E-state index contributed by atoms with van der Waals surface area (Å²) in [5.41, 5.74) is 3.46. The summed E-state index contributed by atoms with van der Waals surface area (Å²) in [4.78, 5) is 32.0. The first kappa shape index (κ1) is 38.3. The third kappa shape index (κ3) is 10.2. The highest BCUT2D eigenvalue weighted by Crippen LogP contribution is 2.33. The Balaban J connectivity index is 2.19. The van der Waals surface area contributed by atoms with Crippen molar-refractivity contribution < 1.29 is 22.7 Å². The van der Waals surface area contributed by atoms with Crippen molar-refractivity contribution in [2.24, 2.45) is 16.8 Å². The van der Waals surface area contributed by atoms with Crippen LogP contribution in [0, 0.1) is 11.8 Å². The van der Waals surface area contributed by atoms with E-state index in [9.17, 15) is 13.2 Å². The van der Waals surface area contributed by atoms with Crippen molar-refractivity contribution in [3.05, 3.63) is 59.3 Å². The summed E-state index contributed by atoms with van der Waals surface area (Å²) in [7, 11) is -0.234. The van der Waals surface area contributed by atoms with Gasteiger partial charge in [0.25, 0.3) is 0 Å². The predicted octanol–water partition coefficient (Wildman–Crippen LogP) is 5.03. The molecule has 11 nitrogen and oxygen atoms in total. The summed E-state index contributed by atoms with van der Waals surface area (Å²) in [6, 6.07) is 7.43. The van der Waals surface area contributed by atoms with Crippen molar-refractivity contribution >= 4 is 21.5 Å². The lowest BCUT2D eigenvalue weighted by Gasteiger charge is -2.33. The number of carbonyl (C=O) groups excluding carboxylic acids is 1. The molecule has 1 fully saturated rings. The molecule has 260 valence electrons. The zero-order chi connectivity index (χ0) is 34.6. The molecule has 1 saturated heterocycles. The maximum atomic E-state index is 13.8. The van der Waals surface area contributed by atoms with Crippen molar-refractivity contribution in [2.45, 2.75) is 72.2 Å². The number of aliphatic imine (C=N–C) groups is 1. The fraction of sp³-hybridized carbons (Fsp3) is 0.600. The van der Waals surface area contributed by atoms with Crippen LogP contribution < -0.4 is 4.74 Å². The molecule has 0 amide bonds.